The van der Waals surface area contributed by atoms with Gasteiger partial charge in [-0.25, -0.2) is 9.50 Å². The minimum atomic E-state index is -4.74. The lowest BCUT2D eigenvalue weighted by Crippen LogP contribution is -2.16. The van der Waals surface area contributed by atoms with Crippen LogP contribution in [0.3, 0.4) is 0 Å². The number of carbonyl (C=O) groups excluding carboxylic acids is 1. The second-order valence-corrected chi connectivity index (χ2v) is 7.92. The Balaban J connectivity index is 1.85. The number of nitrogens with one attached hydrogen (secondary N) is 1. The molecule has 0 saturated carbocycles. The van der Waals surface area contributed by atoms with E-state index in [0.29, 0.717) is 10.1 Å². The molecule has 0 bridgehead atoms. The van der Waals surface area contributed by atoms with Crippen LogP contribution in [0.5, 0.6) is 0 Å². The number of aromatic nitrogens is 3. The summed E-state index contributed by atoms with van der Waals surface area (Å²) in [5.41, 5.74) is -0.754. The van der Waals surface area contributed by atoms with E-state index in [9.17, 15) is 18.0 Å². The average Bonchev–Trinajstić information content (AvgIpc) is 3.07. The van der Waals surface area contributed by atoms with Crippen molar-refractivity contribution in [1.29, 1.82) is 0 Å². The number of halogens is 6. The molecule has 0 aliphatic carbocycles. The molecule has 0 unspecified atom stereocenters. The Labute approximate surface area is 191 Å². The van der Waals surface area contributed by atoms with Crippen LogP contribution in [0.1, 0.15) is 16.2 Å². The zero-order valence-corrected chi connectivity index (χ0v) is 18.3. The first kappa shape index (κ1) is 21.6. The van der Waals surface area contributed by atoms with Crippen molar-refractivity contribution in [3.63, 3.8) is 0 Å². The van der Waals surface area contributed by atoms with Crippen LogP contribution in [0.2, 0.25) is 10.0 Å². The Bertz CT molecular complexity index is 1310. The molecular weight excluding hydrogens is 520 g/mol. The molecule has 158 valence electrons. The molecule has 5 nitrogen and oxygen atoms in total. The summed E-state index contributed by atoms with van der Waals surface area (Å²) in [5.74, 6) is -0.782. The van der Waals surface area contributed by atoms with Gasteiger partial charge in [0.15, 0.2) is 17.0 Å². The van der Waals surface area contributed by atoms with Crippen LogP contribution in [-0.4, -0.2) is 20.5 Å². The largest absolute Gasteiger partial charge is 0.433 e. The molecule has 0 radical (unpaired) electrons. The minimum absolute atomic E-state index is 0.00596. The number of alkyl halides is 3. The van der Waals surface area contributed by atoms with Gasteiger partial charge in [0.25, 0.3) is 5.91 Å². The summed E-state index contributed by atoms with van der Waals surface area (Å²) in [6, 6.07) is 13.9. The first-order valence-electron chi connectivity index (χ1n) is 8.64. The molecule has 2 aromatic carbocycles. The zero-order valence-electron chi connectivity index (χ0n) is 15.2. The normalized spacial score (nSPS) is 11.7. The van der Waals surface area contributed by atoms with Crippen molar-refractivity contribution in [2.45, 2.75) is 6.18 Å². The number of nitrogens with zero attached hydrogens (tertiary/aromatic N) is 3. The molecule has 0 spiro atoms. The van der Waals surface area contributed by atoms with Crippen LogP contribution in [0.15, 0.2) is 59.1 Å². The Morgan fingerprint density at radius 3 is 2.45 bits per heavy atom. The topological polar surface area (TPSA) is 59.3 Å². The fourth-order valence-electron chi connectivity index (χ4n) is 2.88. The van der Waals surface area contributed by atoms with E-state index in [1.54, 1.807) is 36.4 Å². The summed E-state index contributed by atoms with van der Waals surface area (Å²) < 4.78 is 41.9. The lowest BCUT2D eigenvalue weighted by Gasteiger charge is -2.11. The summed E-state index contributed by atoms with van der Waals surface area (Å²) in [4.78, 5) is 17.0. The standard InChI is InChI=1S/C20H10BrCl2F3N4O/c21-15-17(19(31)28-12-8-4-7-11(22)16(12)23)29-30-14(20(24,25)26)9-13(27-18(15)30)10-5-2-1-3-6-10/h1-9H,(H,28,31). The molecule has 0 aliphatic rings. The third kappa shape index (κ3) is 4.13. The molecule has 31 heavy (non-hydrogen) atoms. The van der Waals surface area contributed by atoms with Gasteiger partial charge in [0, 0.05) is 5.56 Å². The van der Waals surface area contributed by atoms with E-state index in [2.05, 4.69) is 31.3 Å². The highest BCUT2D eigenvalue weighted by Gasteiger charge is 2.36. The number of rotatable bonds is 3. The minimum Gasteiger partial charge on any atom is -0.319 e. The molecular formula is C20H10BrCl2F3N4O. The average molecular weight is 530 g/mol. The highest BCUT2D eigenvalue weighted by atomic mass is 79.9. The molecule has 1 N–H and O–H groups in total. The molecule has 0 fully saturated rings. The maximum atomic E-state index is 13.8. The van der Waals surface area contributed by atoms with Crippen molar-refractivity contribution >= 4 is 56.4 Å². The third-order valence-corrected chi connectivity index (χ3v) is 5.86. The van der Waals surface area contributed by atoms with Crippen LogP contribution in [0.4, 0.5) is 18.9 Å². The van der Waals surface area contributed by atoms with Gasteiger partial charge in [0.05, 0.1) is 25.9 Å². The van der Waals surface area contributed by atoms with Gasteiger partial charge in [-0.1, -0.05) is 59.6 Å². The second-order valence-electron chi connectivity index (χ2n) is 6.34. The molecule has 0 atom stereocenters. The van der Waals surface area contributed by atoms with Crippen LogP contribution in [0.25, 0.3) is 16.9 Å². The van der Waals surface area contributed by atoms with Crippen LogP contribution in [0, 0.1) is 0 Å². The van der Waals surface area contributed by atoms with Gasteiger partial charge in [0.1, 0.15) is 0 Å². The zero-order chi connectivity index (χ0) is 22.3. The summed E-state index contributed by atoms with van der Waals surface area (Å²) >= 11 is 15.2. The third-order valence-electron chi connectivity index (χ3n) is 4.31. The van der Waals surface area contributed by atoms with Crippen LogP contribution in [-0.2, 0) is 6.18 Å². The van der Waals surface area contributed by atoms with Gasteiger partial charge in [-0.2, -0.15) is 18.3 Å². The summed E-state index contributed by atoms with van der Waals surface area (Å²) in [6.45, 7) is 0. The molecule has 2 aromatic heterocycles. The second kappa shape index (κ2) is 8.14. The van der Waals surface area contributed by atoms with Gasteiger partial charge < -0.3 is 5.32 Å². The maximum Gasteiger partial charge on any atom is 0.433 e. The predicted octanol–water partition coefficient (Wildman–Crippen LogP) is 6.74. The van der Waals surface area contributed by atoms with Gasteiger partial charge in [0.2, 0.25) is 0 Å². The van der Waals surface area contributed by atoms with Crippen LogP contribution >= 0.6 is 39.1 Å². The Morgan fingerprint density at radius 1 is 1.06 bits per heavy atom. The molecule has 4 aromatic rings. The number of amides is 1. The van der Waals surface area contributed by atoms with Crippen molar-refractivity contribution in [2.75, 3.05) is 5.32 Å². The van der Waals surface area contributed by atoms with Crippen molar-refractivity contribution in [1.82, 2.24) is 14.6 Å². The van der Waals surface area contributed by atoms with Crippen molar-refractivity contribution in [3.8, 4) is 11.3 Å². The van der Waals surface area contributed by atoms with Gasteiger partial charge in [-0.15, -0.1) is 0 Å². The fourth-order valence-corrected chi connectivity index (χ4v) is 3.74. The Morgan fingerprint density at radius 2 is 1.77 bits per heavy atom. The highest BCUT2D eigenvalue weighted by Crippen LogP contribution is 2.35. The molecule has 2 heterocycles. The SMILES string of the molecule is O=C(Nc1cccc(Cl)c1Cl)c1nn2c(C(F)(F)F)cc(-c3ccccc3)nc2c1Br. The molecule has 1 amide bonds. The van der Waals surface area contributed by atoms with Crippen molar-refractivity contribution < 1.29 is 18.0 Å². The Kier molecular flexibility index (Phi) is 5.67. The number of hydrogen-bond donors (Lipinski definition) is 1. The van der Waals surface area contributed by atoms with Gasteiger partial charge >= 0.3 is 6.18 Å². The highest BCUT2D eigenvalue weighted by molar-refractivity contribution is 9.10. The van der Waals surface area contributed by atoms with E-state index in [0.717, 1.165) is 6.07 Å². The number of benzene rings is 2. The van der Waals surface area contributed by atoms with Crippen molar-refractivity contribution in [2.24, 2.45) is 0 Å². The van der Waals surface area contributed by atoms with E-state index in [1.807, 2.05) is 0 Å². The summed E-state index contributed by atoms with van der Waals surface area (Å²) in [6.07, 6.45) is -4.74. The first-order chi connectivity index (χ1) is 14.7. The number of fused-ring (bicyclic) bond motifs is 1. The quantitative estimate of drug-likeness (QED) is 0.320. The monoisotopic (exact) mass is 528 g/mol. The number of hydrogen-bond acceptors (Lipinski definition) is 3. The Hall–Kier alpha value is -2.62. The lowest BCUT2D eigenvalue weighted by atomic mass is 10.1. The lowest BCUT2D eigenvalue weighted by molar-refractivity contribution is -0.142. The summed E-state index contributed by atoms with van der Waals surface area (Å²) in [7, 11) is 0. The van der Waals surface area contributed by atoms with E-state index in [1.165, 1.54) is 12.1 Å². The van der Waals surface area contributed by atoms with Crippen LogP contribution < -0.4 is 5.32 Å². The van der Waals surface area contributed by atoms with Gasteiger partial charge in [-0.3, -0.25) is 4.79 Å². The van der Waals surface area contributed by atoms with Gasteiger partial charge in [-0.05, 0) is 34.1 Å². The van der Waals surface area contributed by atoms with E-state index < -0.39 is 17.8 Å². The smallest absolute Gasteiger partial charge is 0.319 e. The van der Waals surface area contributed by atoms with E-state index in [-0.39, 0.29) is 37.2 Å². The maximum absolute atomic E-state index is 13.8. The van der Waals surface area contributed by atoms with E-state index in [4.69, 9.17) is 23.2 Å². The van der Waals surface area contributed by atoms with E-state index >= 15 is 0 Å². The summed E-state index contributed by atoms with van der Waals surface area (Å²) in [5, 5.41) is 6.67. The number of carbonyl (C=O) groups is 1. The number of anilines is 1. The molecule has 0 aliphatic heterocycles. The molecule has 4 rings (SSSR count). The molecule has 11 heteroatoms. The first-order valence-corrected chi connectivity index (χ1v) is 10.2. The van der Waals surface area contributed by atoms with Crippen molar-refractivity contribution in [3.05, 3.63) is 80.5 Å². The predicted molar refractivity (Wildman–Crippen MR) is 116 cm³/mol. The molecule has 0 saturated heterocycles. The fraction of sp³-hybridized carbons (Fsp3) is 0.0500.